The zero-order valence-electron chi connectivity index (χ0n) is 16.2. The Balaban J connectivity index is 1.71. The molecule has 0 aliphatic heterocycles. The molecule has 1 heterocycles. The molecule has 0 aliphatic carbocycles. The SMILES string of the molecule is COc1cc(C=NNC(=O)c2cc3cccc(OC)c3o2)ccc1OC(C)C. The van der Waals surface area contributed by atoms with Crippen LogP contribution in [0.15, 0.2) is 52.0 Å². The van der Waals surface area contributed by atoms with E-state index < -0.39 is 5.91 Å². The van der Waals surface area contributed by atoms with Crippen molar-refractivity contribution >= 4 is 23.1 Å². The summed E-state index contributed by atoms with van der Waals surface area (Å²) < 4.78 is 21.8. The molecule has 0 fully saturated rings. The largest absolute Gasteiger partial charge is 0.493 e. The van der Waals surface area contributed by atoms with Crippen LogP contribution >= 0.6 is 0 Å². The minimum atomic E-state index is -0.457. The van der Waals surface area contributed by atoms with E-state index >= 15 is 0 Å². The number of nitrogens with one attached hydrogen (secondary N) is 1. The fraction of sp³-hybridized carbons (Fsp3) is 0.238. The zero-order valence-corrected chi connectivity index (χ0v) is 16.2. The monoisotopic (exact) mass is 382 g/mol. The van der Waals surface area contributed by atoms with Crippen LogP contribution in [0.3, 0.4) is 0 Å². The summed E-state index contributed by atoms with van der Waals surface area (Å²) in [5.41, 5.74) is 3.72. The smallest absolute Gasteiger partial charge is 0.307 e. The van der Waals surface area contributed by atoms with E-state index in [0.717, 1.165) is 10.9 Å². The molecular weight excluding hydrogens is 360 g/mol. The van der Waals surface area contributed by atoms with Crippen molar-refractivity contribution in [3.05, 3.63) is 53.8 Å². The predicted octanol–water partition coefficient (Wildman–Crippen LogP) is 4.00. The molecule has 0 saturated carbocycles. The van der Waals surface area contributed by atoms with Gasteiger partial charge >= 0.3 is 5.91 Å². The second kappa shape index (κ2) is 8.47. The molecule has 2 aromatic carbocycles. The topological polar surface area (TPSA) is 82.3 Å². The number of hydrogen-bond acceptors (Lipinski definition) is 6. The van der Waals surface area contributed by atoms with Gasteiger partial charge in [-0.2, -0.15) is 5.10 Å². The number of benzene rings is 2. The van der Waals surface area contributed by atoms with Crippen molar-refractivity contribution in [2.45, 2.75) is 20.0 Å². The van der Waals surface area contributed by atoms with Gasteiger partial charge in [0.15, 0.2) is 28.6 Å². The standard InChI is InChI=1S/C21H22N2O5/c1-13(2)27-16-9-8-14(10-18(16)26-4)12-22-23-21(24)19-11-15-6-5-7-17(25-3)20(15)28-19/h5-13H,1-4H3,(H,23,24). The van der Waals surface area contributed by atoms with Gasteiger partial charge in [-0.05, 0) is 49.7 Å². The van der Waals surface area contributed by atoms with Gasteiger partial charge in [-0.3, -0.25) is 4.79 Å². The third-order valence-corrected chi connectivity index (χ3v) is 3.88. The summed E-state index contributed by atoms with van der Waals surface area (Å²) in [5, 5.41) is 4.76. The van der Waals surface area contributed by atoms with E-state index in [1.165, 1.54) is 6.21 Å². The normalized spacial score (nSPS) is 11.2. The van der Waals surface area contributed by atoms with E-state index in [1.807, 2.05) is 32.0 Å². The van der Waals surface area contributed by atoms with E-state index in [9.17, 15) is 4.79 Å². The lowest BCUT2D eigenvalue weighted by molar-refractivity contribution is 0.0929. The lowest BCUT2D eigenvalue weighted by Crippen LogP contribution is -2.16. The van der Waals surface area contributed by atoms with E-state index in [-0.39, 0.29) is 11.9 Å². The summed E-state index contributed by atoms with van der Waals surface area (Å²) in [5.74, 6) is 1.50. The lowest BCUT2D eigenvalue weighted by atomic mass is 10.2. The Morgan fingerprint density at radius 2 is 1.86 bits per heavy atom. The average molecular weight is 382 g/mol. The molecule has 1 amide bonds. The molecule has 7 heteroatoms. The third-order valence-electron chi connectivity index (χ3n) is 3.88. The molecule has 1 N–H and O–H groups in total. The van der Waals surface area contributed by atoms with Gasteiger partial charge in [0.2, 0.25) is 0 Å². The van der Waals surface area contributed by atoms with Crippen molar-refractivity contribution in [2.75, 3.05) is 14.2 Å². The summed E-state index contributed by atoms with van der Waals surface area (Å²) >= 11 is 0. The van der Waals surface area contributed by atoms with Crippen LogP contribution in [0.4, 0.5) is 0 Å². The number of furan rings is 1. The molecule has 3 aromatic rings. The maximum Gasteiger partial charge on any atom is 0.307 e. The van der Waals surface area contributed by atoms with Crippen molar-refractivity contribution in [1.82, 2.24) is 5.43 Å². The van der Waals surface area contributed by atoms with Crippen LogP contribution in [0.5, 0.6) is 17.2 Å². The second-order valence-electron chi connectivity index (χ2n) is 6.27. The maximum absolute atomic E-state index is 12.3. The van der Waals surface area contributed by atoms with Crippen molar-refractivity contribution < 1.29 is 23.4 Å². The Kier molecular flexibility index (Phi) is 5.84. The van der Waals surface area contributed by atoms with Gasteiger partial charge in [-0.15, -0.1) is 0 Å². The van der Waals surface area contributed by atoms with Gasteiger partial charge < -0.3 is 18.6 Å². The van der Waals surface area contributed by atoms with Crippen LogP contribution in [-0.4, -0.2) is 32.4 Å². The van der Waals surface area contributed by atoms with E-state index in [4.69, 9.17) is 18.6 Å². The number of methoxy groups -OCH3 is 2. The number of nitrogens with zero attached hydrogens (tertiary/aromatic N) is 1. The molecule has 0 radical (unpaired) electrons. The first kappa shape index (κ1) is 19.3. The highest BCUT2D eigenvalue weighted by Crippen LogP contribution is 2.29. The van der Waals surface area contributed by atoms with Gasteiger partial charge in [0.05, 0.1) is 26.5 Å². The summed E-state index contributed by atoms with van der Waals surface area (Å²) in [6.45, 7) is 3.88. The number of hydrogen-bond donors (Lipinski definition) is 1. The average Bonchev–Trinajstić information content (AvgIpc) is 3.13. The zero-order chi connectivity index (χ0) is 20.1. The summed E-state index contributed by atoms with van der Waals surface area (Å²) in [7, 11) is 3.12. The van der Waals surface area contributed by atoms with Gasteiger partial charge in [-0.1, -0.05) is 12.1 Å². The molecule has 0 spiro atoms. The number of ether oxygens (including phenoxy) is 3. The molecule has 28 heavy (non-hydrogen) atoms. The van der Waals surface area contributed by atoms with Crippen molar-refractivity contribution in [1.29, 1.82) is 0 Å². The van der Waals surface area contributed by atoms with Crippen molar-refractivity contribution in [2.24, 2.45) is 5.10 Å². The second-order valence-corrected chi connectivity index (χ2v) is 6.27. The fourth-order valence-electron chi connectivity index (χ4n) is 2.65. The molecule has 0 aliphatic rings. The van der Waals surface area contributed by atoms with Gasteiger partial charge in [0, 0.05) is 5.39 Å². The highest BCUT2D eigenvalue weighted by atomic mass is 16.5. The Labute approximate surface area is 162 Å². The number of carbonyl (C=O) groups is 1. The number of hydrazone groups is 1. The molecule has 0 bridgehead atoms. The first-order chi connectivity index (χ1) is 13.5. The van der Waals surface area contributed by atoms with E-state index in [2.05, 4.69) is 10.5 Å². The molecule has 3 rings (SSSR count). The van der Waals surface area contributed by atoms with Crippen molar-refractivity contribution in [3.8, 4) is 17.2 Å². The number of rotatable bonds is 7. The quantitative estimate of drug-likeness (QED) is 0.493. The van der Waals surface area contributed by atoms with Crippen LogP contribution in [0.25, 0.3) is 11.0 Å². The Bertz CT molecular complexity index is 1010. The number of amides is 1. The Morgan fingerprint density at radius 1 is 1.07 bits per heavy atom. The van der Waals surface area contributed by atoms with Crippen LogP contribution in [-0.2, 0) is 0 Å². The molecule has 1 aromatic heterocycles. The maximum atomic E-state index is 12.3. The molecule has 0 atom stereocenters. The van der Waals surface area contributed by atoms with Crippen LogP contribution in [0, 0.1) is 0 Å². The van der Waals surface area contributed by atoms with Gasteiger partial charge in [0.25, 0.3) is 0 Å². The minimum Gasteiger partial charge on any atom is -0.493 e. The number of carbonyl (C=O) groups excluding carboxylic acids is 1. The third kappa shape index (κ3) is 4.25. The lowest BCUT2D eigenvalue weighted by Gasteiger charge is -2.13. The predicted molar refractivity (Wildman–Crippen MR) is 107 cm³/mol. The Hall–Kier alpha value is -3.48. The fourth-order valence-corrected chi connectivity index (χ4v) is 2.65. The molecular formula is C21H22N2O5. The molecule has 0 unspecified atom stereocenters. The van der Waals surface area contributed by atoms with E-state index in [1.54, 1.807) is 38.5 Å². The van der Waals surface area contributed by atoms with Gasteiger partial charge in [-0.25, -0.2) is 5.43 Å². The first-order valence-corrected chi connectivity index (χ1v) is 8.76. The summed E-state index contributed by atoms with van der Waals surface area (Å²) in [6, 6.07) is 12.5. The number of fused-ring (bicyclic) bond motifs is 1. The summed E-state index contributed by atoms with van der Waals surface area (Å²) in [6.07, 6.45) is 1.55. The van der Waals surface area contributed by atoms with E-state index in [0.29, 0.717) is 22.8 Å². The number of para-hydroxylation sites is 1. The summed E-state index contributed by atoms with van der Waals surface area (Å²) in [4.78, 5) is 12.3. The van der Waals surface area contributed by atoms with Crippen LogP contribution in [0.1, 0.15) is 30.0 Å². The van der Waals surface area contributed by atoms with Crippen LogP contribution < -0.4 is 19.6 Å². The minimum absolute atomic E-state index is 0.0372. The van der Waals surface area contributed by atoms with Crippen LogP contribution in [0.2, 0.25) is 0 Å². The Morgan fingerprint density at radius 3 is 2.57 bits per heavy atom. The highest BCUT2D eigenvalue weighted by molar-refractivity contribution is 5.97. The molecule has 146 valence electrons. The molecule has 7 nitrogen and oxygen atoms in total. The first-order valence-electron chi connectivity index (χ1n) is 8.76. The van der Waals surface area contributed by atoms with Crippen molar-refractivity contribution in [3.63, 3.8) is 0 Å². The van der Waals surface area contributed by atoms with Gasteiger partial charge in [0.1, 0.15) is 0 Å². The molecule has 0 saturated heterocycles. The highest BCUT2D eigenvalue weighted by Gasteiger charge is 2.14.